The van der Waals surface area contributed by atoms with Crippen LogP contribution in [0, 0.1) is 12.7 Å². The lowest BCUT2D eigenvalue weighted by molar-refractivity contribution is 0.617. The van der Waals surface area contributed by atoms with Crippen LogP contribution in [-0.4, -0.2) is 4.98 Å². The van der Waals surface area contributed by atoms with Crippen LogP contribution in [0.1, 0.15) is 11.1 Å². The summed E-state index contributed by atoms with van der Waals surface area (Å²) < 4.78 is 14.3. The van der Waals surface area contributed by atoms with Crippen LogP contribution >= 0.6 is 11.3 Å². The Labute approximate surface area is 114 Å². The second kappa shape index (κ2) is 4.97. The number of nitrogens with one attached hydrogen (secondary N) is 1. The molecule has 3 rings (SSSR count). The van der Waals surface area contributed by atoms with Crippen molar-refractivity contribution in [1.82, 2.24) is 4.98 Å². The largest absolute Gasteiger partial charge is 0.381 e. The van der Waals surface area contributed by atoms with Gasteiger partial charge >= 0.3 is 0 Å². The third kappa shape index (κ3) is 2.58. The number of nitrogens with zero attached hydrogens (tertiary/aromatic N) is 1. The molecule has 4 heteroatoms. The lowest BCUT2D eigenvalue weighted by Gasteiger charge is -2.07. The van der Waals surface area contributed by atoms with Crippen LogP contribution in [-0.2, 0) is 6.54 Å². The lowest BCUT2D eigenvalue weighted by Crippen LogP contribution is -2.00. The molecular formula is C15H13FN2S. The summed E-state index contributed by atoms with van der Waals surface area (Å²) in [7, 11) is 0. The Balaban J connectivity index is 1.75. The smallest absolute Gasteiger partial charge is 0.126 e. The Kier molecular flexibility index (Phi) is 3.17. The highest BCUT2D eigenvalue weighted by Gasteiger charge is 2.01. The van der Waals surface area contributed by atoms with Crippen LogP contribution < -0.4 is 5.32 Å². The van der Waals surface area contributed by atoms with E-state index in [9.17, 15) is 4.39 Å². The molecule has 0 atom stereocenters. The van der Waals surface area contributed by atoms with E-state index < -0.39 is 0 Å². The molecule has 0 saturated carbocycles. The molecule has 1 heterocycles. The van der Waals surface area contributed by atoms with Gasteiger partial charge in [-0.15, -0.1) is 11.3 Å². The number of hydrogen-bond acceptors (Lipinski definition) is 3. The zero-order chi connectivity index (χ0) is 13.2. The van der Waals surface area contributed by atoms with Crippen molar-refractivity contribution >= 4 is 27.2 Å². The zero-order valence-corrected chi connectivity index (χ0v) is 11.3. The molecule has 1 aromatic heterocycles. The zero-order valence-electron chi connectivity index (χ0n) is 10.5. The van der Waals surface area contributed by atoms with Gasteiger partial charge in [0.05, 0.1) is 15.7 Å². The Morgan fingerprint density at radius 3 is 2.95 bits per heavy atom. The van der Waals surface area contributed by atoms with E-state index >= 15 is 0 Å². The van der Waals surface area contributed by atoms with Crippen molar-refractivity contribution in [3.8, 4) is 0 Å². The third-order valence-electron chi connectivity index (χ3n) is 3.05. The minimum absolute atomic E-state index is 0.158. The summed E-state index contributed by atoms with van der Waals surface area (Å²) in [5.74, 6) is -0.158. The third-order valence-corrected chi connectivity index (χ3v) is 3.84. The first kappa shape index (κ1) is 12.1. The molecule has 0 bridgehead atoms. The average molecular weight is 272 g/mol. The van der Waals surface area contributed by atoms with Gasteiger partial charge < -0.3 is 5.32 Å². The monoisotopic (exact) mass is 272 g/mol. The average Bonchev–Trinajstić information content (AvgIpc) is 2.87. The summed E-state index contributed by atoms with van der Waals surface area (Å²) in [6.45, 7) is 2.47. The van der Waals surface area contributed by atoms with Crippen molar-refractivity contribution in [3.05, 3.63) is 58.9 Å². The molecule has 0 aliphatic heterocycles. The van der Waals surface area contributed by atoms with E-state index in [1.165, 1.54) is 10.8 Å². The number of rotatable bonds is 3. The fraction of sp³-hybridized carbons (Fsp3) is 0.133. The van der Waals surface area contributed by atoms with Crippen LogP contribution in [0.15, 0.2) is 41.9 Å². The van der Waals surface area contributed by atoms with E-state index in [1.807, 2.05) is 23.7 Å². The summed E-state index contributed by atoms with van der Waals surface area (Å²) in [6, 6.07) is 11.3. The lowest BCUT2D eigenvalue weighted by atomic mass is 10.1. The molecule has 0 radical (unpaired) electrons. The predicted molar refractivity (Wildman–Crippen MR) is 78.1 cm³/mol. The van der Waals surface area contributed by atoms with Gasteiger partial charge in [0.15, 0.2) is 0 Å². The van der Waals surface area contributed by atoms with E-state index in [-0.39, 0.29) is 5.82 Å². The maximum absolute atomic E-state index is 13.2. The van der Waals surface area contributed by atoms with Crippen LogP contribution in [0.3, 0.4) is 0 Å². The van der Waals surface area contributed by atoms with Crippen molar-refractivity contribution in [3.63, 3.8) is 0 Å². The van der Waals surface area contributed by atoms with Crippen molar-refractivity contribution in [1.29, 1.82) is 0 Å². The standard InChI is InChI=1S/C15H13FN2S/c1-10-6-11(2-4-13(10)16)8-17-12-3-5-14-15(7-12)19-9-18-14/h2-7,9,17H,8H2,1H3. The van der Waals surface area contributed by atoms with Gasteiger partial charge in [0.2, 0.25) is 0 Å². The molecule has 96 valence electrons. The molecule has 0 aliphatic carbocycles. The van der Waals surface area contributed by atoms with E-state index in [1.54, 1.807) is 24.3 Å². The highest BCUT2D eigenvalue weighted by molar-refractivity contribution is 7.16. The maximum atomic E-state index is 13.2. The molecule has 0 aliphatic rings. The first-order valence-electron chi connectivity index (χ1n) is 6.04. The Morgan fingerprint density at radius 1 is 1.21 bits per heavy atom. The van der Waals surface area contributed by atoms with Crippen LogP contribution in [0.2, 0.25) is 0 Å². The molecule has 0 amide bonds. The van der Waals surface area contributed by atoms with Gasteiger partial charge in [-0.25, -0.2) is 9.37 Å². The molecule has 3 aromatic rings. The van der Waals surface area contributed by atoms with Gasteiger partial charge in [-0.3, -0.25) is 0 Å². The number of aryl methyl sites for hydroxylation is 1. The SMILES string of the molecule is Cc1cc(CNc2ccc3ncsc3c2)ccc1F. The predicted octanol–water partition coefficient (Wildman–Crippen LogP) is 4.36. The minimum Gasteiger partial charge on any atom is -0.381 e. The van der Waals surface area contributed by atoms with E-state index in [4.69, 9.17) is 0 Å². The van der Waals surface area contributed by atoms with Gasteiger partial charge in [-0.1, -0.05) is 12.1 Å². The quantitative estimate of drug-likeness (QED) is 0.766. The molecule has 19 heavy (non-hydrogen) atoms. The second-order valence-electron chi connectivity index (χ2n) is 4.47. The molecule has 0 fully saturated rings. The Morgan fingerprint density at radius 2 is 2.11 bits per heavy atom. The van der Waals surface area contributed by atoms with Gasteiger partial charge in [-0.2, -0.15) is 0 Å². The summed E-state index contributed by atoms with van der Waals surface area (Å²) in [4.78, 5) is 4.25. The molecule has 1 N–H and O–H groups in total. The fourth-order valence-electron chi connectivity index (χ4n) is 1.99. The van der Waals surface area contributed by atoms with Crippen LogP contribution in [0.25, 0.3) is 10.2 Å². The van der Waals surface area contributed by atoms with Gasteiger partial charge in [0.1, 0.15) is 5.82 Å². The number of fused-ring (bicyclic) bond motifs is 1. The van der Waals surface area contributed by atoms with E-state index in [2.05, 4.69) is 16.4 Å². The Hall–Kier alpha value is -1.94. The second-order valence-corrected chi connectivity index (χ2v) is 5.36. The van der Waals surface area contributed by atoms with Crippen molar-refractivity contribution in [2.45, 2.75) is 13.5 Å². The van der Waals surface area contributed by atoms with Gasteiger partial charge in [0.25, 0.3) is 0 Å². The highest BCUT2D eigenvalue weighted by Crippen LogP contribution is 2.22. The number of aromatic nitrogens is 1. The summed E-state index contributed by atoms with van der Waals surface area (Å²) in [5.41, 5.74) is 5.67. The first-order chi connectivity index (χ1) is 9.22. The molecule has 2 nitrogen and oxygen atoms in total. The molecular weight excluding hydrogens is 259 g/mol. The van der Waals surface area contributed by atoms with Crippen LogP contribution in [0.4, 0.5) is 10.1 Å². The van der Waals surface area contributed by atoms with Crippen molar-refractivity contribution < 1.29 is 4.39 Å². The topological polar surface area (TPSA) is 24.9 Å². The van der Waals surface area contributed by atoms with Crippen LogP contribution in [0.5, 0.6) is 0 Å². The Bertz CT molecular complexity index is 721. The van der Waals surface area contributed by atoms with E-state index in [0.717, 1.165) is 16.8 Å². The first-order valence-corrected chi connectivity index (χ1v) is 6.92. The summed E-state index contributed by atoms with van der Waals surface area (Å²) in [5, 5.41) is 3.35. The molecule has 2 aromatic carbocycles. The highest BCUT2D eigenvalue weighted by atomic mass is 32.1. The summed E-state index contributed by atoms with van der Waals surface area (Å²) in [6.07, 6.45) is 0. The van der Waals surface area contributed by atoms with E-state index in [0.29, 0.717) is 12.1 Å². The number of benzene rings is 2. The van der Waals surface area contributed by atoms with Crippen molar-refractivity contribution in [2.75, 3.05) is 5.32 Å². The minimum atomic E-state index is -0.158. The van der Waals surface area contributed by atoms with Gasteiger partial charge in [0, 0.05) is 12.2 Å². The molecule has 0 spiro atoms. The maximum Gasteiger partial charge on any atom is 0.126 e. The summed E-state index contributed by atoms with van der Waals surface area (Å²) >= 11 is 1.63. The van der Waals surface area contributed by atoms with Gasteiger partial charge in [-0.05, 0) is 42.3 Å². The molecule has 0 saturated heterocycles. The number of hydrogen-bond donors (Lipinski definition) is 1. The number of halogens is 1. The normalized spacial score (nSPS) is 10.8. The number of thiazole rings is 1. The van der Waals surface area contributed by atoms with Crippen molar-refractivity contribution in [2.24, 2.45) is 0 Å². The number of anilines is 1. The fourth-order valence-corrected chi connectivity index (χ4v) is 2.70. The molecule has 0 unspecified atom stereocenters.